The van der Waals surface area contributed by atoms with Crippen molar-refractivity contribution in [2.45, 2.75) is 58.5 Å². The number of hydrogen-bond acceptors (Lipinski definition) is 3. The van der Waals surface area contributed by atoms with Crippen LogP contribution in [0, 0.1) is 5.41 Å². The van der Waals surface area contributed by atoms with E-state index >= 15 is 0 Å². The number of aliphatic hydroxyl groups excluding tert-OH is 2. The van der Waals surface area contributed by atoms with Gasteiger partial charge in [0.2, 0.25) is 0 Å². The summed E-state index contributed by atoms with van der Waals surface area (Å²) in [6.07, 6.45) is -1.15. The Morgan fingerprint density at radius 2 is 1.69 bits per heavy atom. The highest BCUT2D eigenvalue weighted by Gasteiger charge is 2.41. The molecule has 2 N–H and O–H groups in total. The summed E-state index contributed by atoms with van der Waals surface area (Å²) in [5.74, 6) is 0. The van der Waals surface area contributed by atoms with Crippen molar-refractivity contribution in [3.63, 3.8) is 0 Å². The van der Waals surface area contributed by atoms with Crippen LogP contribution in [0.15, 0.2) is 0 Å². The topological polar surface area (TPSA) is 49.7 Å². The summed E-state index contributed by atoms with van der Waals surface area (Å²) in [5, 5.41) is 19.1. The zero-order chi connectivity index (χ0) is 10.2. The molecule has 78 valence electrons. The van der Waals surface area contributed by atoms with Crippen LogP contribution < -0.4 is 0 Å². The molecule has 1 aliphatic heterocycles. The number of ether oxygens (including phenoxy) is 1. The van der Waals surface area contributed by atoms with Crippen molar-refractivity contribution in [1.29, 1.82) is 0 Å². The lowest BCUT2D eigenvalue weighted by atomic mass is 9.87. The first-order valence-corrected chi connectivity index (χ1v) is 4.83. The maximum absolute atomic E-state index is 9.62. The fourth-order valence-electron chi connectivity index (χ4n) is 1.71. The first-order valence-electron chi connectivity index (χ1n) is 4.83. The number of rotatable bonds is 1. The van der Waals surface area contributed by atoms with Crippen LogP contribution in [0.5, 0.6) is 0 Å². The lowest BCUT2D eigenvalue weighted by Gasteiger charge is -2.24. The predicted molar refractivity (Wildman–Crippen MR) is 50.4 cm³/mol. The molecule has 1 fully saturated rings. The van der Waals surface area contributed by atoms with Gasteiger partial charge in [-0.1, -0.05) is 20.8 Å². The fourth-order valence-corrected chi connectivity index (χ4v) is 1.71. The van der Waals surface area contributed by atoms with E-state index in [2.05, 4.69) is 20.8 Å². The zero-order valence-corrected chi connectivity index (χ0v) is 8.82. The third-order valence-corrected chi connectivity index (χ3v) is 2.41. The highest BCUT2D eigenvalue weighted by atomic mass is 16.5. The third kappa shape index (κ3) is 2.66. The fraction of sp³-hybridized carbons (Fsp3) is 1.00. The summed E-state index contributed by atoms with van der Waals surface area (Å²) in [7, 11) is 0. The lowest BCUT2D eigenvalue weighted by molar-refractivity contribution is -0.00700. The molecule has 1 heterocycles. The summed E-state index contributed by atoms with van der Waals surface area (Å²) >= 11 is 0. The molecule has 1 unspecified atom stereocenters. The summed E-state index contributed by atoms with van der Waals surface area (Å²) in [6, 6.07) is 0. The van der Waals surface area contributed by atoms with Crippen molar-refractivity contribution in [2.75, 3.05) is 0 Å². The van der Waals surface area contributed by atoms with Crippen molar-refractivity contribution in [3.8, 4) is 0 Å². The molecule has 3 heteroatoms. The second kappa shape index (κ2) is 3.56. The van der Waals surface area contributed by atoms with Crippen molar-refractivity contribution in [1.82, 2.24) is 0 Å². The summed E-state index contributed by atoms with van der Waals surface area (Å²) < 4.78 is 5.46. The smallest absolute Gasteiger partial charge is 0.109 e. The largest absolute Gasteiger partial charge is 0.388 e. The molecule has 1 saturated heterocycles. The van der Waals surface area contributed by atoms with E-state index in [0.29, 0.717) is 0 Å². The Hall–Kier alpha value is -0.120. The molecule has 3 nitrogen and oxygen atoms in total. The number of hydrogen-bond donors (Lipinski definition) is 2. The predicted octanol–water partition coefficient (Wildman–Crippen LogP) is 0.932. The summed E-state index contributed by atoms with van der Waals surface area (Å²) in [6.45, 7) is 8.08. The Morgan fingerprint density at radius 1 is 1.15 bits per heavy atom. The van der Waals surface area contributed by atoms with Gasteiger partial charge in [-0.2, -0.15) is 0 Å². The average Bonchev–Trinajstić information content (AvgIpc) is 2.15. The van der Waals surface area contributed by atoms with Gasteiger partial charge >= 0.3 is 0 Å². The first kappa shape index (κ1) is 11.0. The minimum absolute atomic E-state index is 0.120. The van der Waals surface area contributed by atoms with E-state index in [-0.39, 0.29) is 17.6 Å². The summed E-state index contributed by atoms with van der Waals surface area (Å²) in [5.41, 5.74) is 0.120. The standard InChI is InChI=1S/C10H20O3/c1-6-8(11)9(12)7(13-6)5-10(2,3)4/h6-9,11-12H,5H2,1-4H3/t6-,7+,8+,9?/m1/s1. The van der Waals surface area contributed by atoms with Crippen molar-refractivity contribution in [2.24, 2.45) is 5.41 Å². The molecule has 4 atom stereocenters. The van der Waals surface area contributed by atoms with Crippen LogP contribution in [0.3, 0.4) is 0 Å². The Bertz CT molecular complexity index is 173. The van der Waals surface area contributed by atoms with Crippen molar-refractivity contribution >= 4 is 0 Å². The van der Waals surface area contributed by atoms with Gasteiger partial charge in [-0.3, -0.25) is 0 Å². The van der Waals surface area contributed by atoms with Crippen LogP contribution in [0.2, 0.25) is 0 Å². The Balaban J connectivity index is 2.54. The van der Waals surface area contributed by atoms with Crippen LogP contribution in [0.4, 0.5) is 0 Å². The first-order chi connectivity index (χ1) is 5.81. The third-order valence-electron chi connectivity index (χ3n) is 2.41. The molecule has 0 amide bonds. The van der Waals surface area contributed by atoms with Crippen LogP contribution in [0.1, 0.15) is 34.1 Å². The Labute approximate surface area is 79.7 Å². The Kier molecular flexibility index (Phi) is 3.00. The van der Waals surface area contributed by atoms with E-state index in [4.69, 9.17) is 4.74 Å². The van der Waals surface area contributed by atoms with Gasteiger partial charge in [-0.25, -0.2) is 0 Å². The minimum atomic E-state index is -0.729. The van der Waals surface area contributed by atoms with E-state index in [1.807, 2.05) is 0 Å². The van der Waals surface area contributed by atoms with Gasteiger partial charge in [0, 0.05) is 0 Å². The average molecular weight is 188 g/mol. The maximum Gasteiger partial charge on any atom is 0.109 e. The molecule has 0 bridgehead atoms. The molecule has 1 aliphatic rings. The SMILES string of the molecule is C[C@H]1O[C@@H](CC(C)(C)C)C(O)[C@H]1O. The van der Waals surface area contributed by atoms with E-state index < -0.39 is 12.2 Å². The van der Waals surface area contributed by atoms with Gasteiger partial charge in [0.15, 0.2) is 0 Å². The molecular weight excluding hydrogens is 168 g/mol. The molecule has 0 aromatic carbocycles. The molecule has 0 spiro atoms. The van der Waals surface area contributed by atoms with Crippen LogP contribution in [-0.4, -0.2) is 34.6 Å². The van der Waals surface area contributed by atoms with E-state index in [9.17, 15) is 10.2 Å². The normalized spacial score (nSPS) is 41.1. The maximum atomic E-state index is 9.62. The molecular formula is C10H20O3. The zero-order valence-electron chi connectivity index (χ0n) is 8.82. The quantitative estimate of drug-likeness (QED) is 0.643. The van der Waals surface area contributed by atoms with Crippen LogP contribution in [-0.2, 0) is 4.74 Å². The van der Waals surface area contributed by atoms with Crippen molar-refractivity contribution in [3.05, 3.63) is 0 Å². The van der Waals surface area contributed by atoms with Crippen LogP contribution in [0.25, 0.3) is 0 Å². The van der Waals surface area contributed by atoms with E-state index in [0.717, 1.165) is 6.42 Å². The van der Waals surface area contributed by atoms with Gasteiger partial charge in [-0.05, 0) is 18.8 Å². The van der Waals surface area contributed by atoms with Gasteiger partial charge in [-0.15, -0.1) is 0 Å². The minimum Gasteiger partial charge on any atom is -0.388 e. The highest BCUT2D eigenvalue weighted by molar-refractivity contribution is 4.90. The molecule has 1 rings (SSSR count). The monoisotopic (exact) mass is 188 g/mol. The van der Waals surface area contributed by atoms with Gasteiger partial charge < -0.3 is 14.9 Å². The van der Waals surface area contributed by atoms with Gasteiger partial charge in [0.05, 0.1) is 12.2 Å². The van der Waals surface area contributed by atoms with E-state index in [1.54, 1.807) is 6.92 Å². The van der Waals surface area contributed by atoms with Gasteiger partial charge in [0.1, 0.15) is 12.2 Å². The molecule has 0 radical (unpaired) electrons. The second-order valence-electron chi connectivity index (χ2n) is 5.13. The molecule has 13 heavy (non-hydrogen) atoms. The molecule has 0 aromatic rings. The molecule has 0 aliphatic carbocycles. The molecule has 0 saturated carbocycles. The molecule has 0 aromatic heterocycles. The van der Waals surface area contributed by atoms with Crippen LogP contribution >= 0.6 is 0 Å². The lowest BCUT2D eigenvalue weighted by Crippen LogP contribution is -2.33. The second-order valence-corrected chi connectivity index (χ2v) is 5.13. The van der Waals surface area contributed by atoms with Gasteiger partial charge in [0.25, 0.3) is 0 Å². The highest BCUT2D eigenvalue weighted by Crippen LogP contribution is 2.30. The van der Waals surface area contributed by atoms with E-state index in [1.165, 1.54) is 0 Å². The van der Waals surface area contributed by atoms with Crippen molar-refractivity contribution < 1.29 is 14.9 Å². The summed E-state index contributed by atoms with van der Waals surface area (Å²) in [4.78, 5) is 0. The number of aliphatic hydroxyl groups is 2. The Morgan fingerprint density at radius 3 is 2.00 bits per heavy atom.